The van der Waals surface area contributed by atoms with Gasteiger partial charge in [-0.15, -0.1) is 11.8 Å². The average molecular weight is 576 g/mol. The largest absolute Gasteiger partial charge is 0.455 e. The molecule has 0 saturated carbocycles. The highest BCUT2D eigenvalue weighted by Crippen LogP contribution is 2.61. The molecule has 2 aliphatic heterocycles. The third-order valence-electron chi connectivity index (χ3n) is 11.0. The van der Waals surface area contributed by atoms with Crippen molar-refractivity contribution in [2.45, 2.75) is 36.5 Å². The minimum Gasteiger partial charge on any atom is -0.455 e. The summed E-state index contributed by atoms with van der Waals surface area (Å²) < 4.78 is 6.37. The Kier molecular flexibility index (Phi) is 5.28. The van der Waals surface area contributed by atoms with E-state index in [-0.39, 0.29) is 0 Å². The molecule has 210 valence electrons. The third-order valence-corrected chi connectivity index (χ3v) is 12.6. The van der Waals surface area contributed by atoms with E-state index < -0.39 is 0 Å². The van der Waals surface area contributed by atoms with Gasteiger partial charge in [-0.2, -0.15) is 0 Å². The molecule has 0 spiro atoms. The van der Waals surface area contributed by atoms with E-state index in [0.29, 0.717) is 35.0 Å². The van der Waals surface area contributed by atoms with Crippen LogP contribution < -0.4 is 4.90 Å². The fourth-order valence-electron chi connectivity index (χ4n) is 9.10. The van der Waals surface area contributed by atoms with Crippen molar-refractivity contribution in [2.24, 2.45) is 23.7 Å². The lowest BCUT2D eigenvalue weighted by atomic mass is 9.64. The summed E-state index contributed by atoms with van der Waals surface area (Å²) in [6.07, 6.45) is 17.0. The molecule has 1 aromatic heterocycles. The quantitative estimate of drug-likeness (QED) is 0.195. The topological polar surface area (TPSA) is 16.4 Å². The molecule has 2 nitrogen and oxygen atoms in total. The monoisotopic (exact) mass is 575 g/mol. The lowest BCUT2D eigenvalue weighted by Gasteiger charge is -2.43. The van der Waals surface area contributed by atoms with Crippen molar-refractivity contribution in [1.82, 2.24) is 0 Å². The molecule has 3 heteroatoms. The first-order valence-corrected chi connectivity index (χ1v) is 16.8. The number of benzene rings is 4. The second-order valence-electron chi connectivity index (χ2n) is 13.0. The molecular weight excluding hydrogens is 543 g/mol. The molecule has 4 aromatic carbocycles. The van der Waals surface area contributed by atoms with Crippen molar-refractivity contribution in [3.63, 3.8) is 0 Å². The van der Waals surface area contributed by atoms with E-state index in [1.807, 2.05) is 6.07 Å². The molecule has 3 heterocycles. The van der Waals surface area contributed by atoms with Crippen LogP contribution in [0.1, 0.15) is 30.7 Å². The first-order valence-electron chi connectivity index (χ1n) is 16.0. The number of rotatable bonds is 2. The highest BCUT2D eigenvalue weighted by atomic mass is 32.2. The number of anilines is 2. The Bertz CT molecular complexity index is 2000. The van der Waals surface area contributed by atoms with Crippen LogP contribution in [0.15, 0.2) is 131 Å². The van der Waals surface area contributed by atoms with Crippen LogP contribution in [-0.2, 0) is 0 Å². The van der Waals surface area contributed by atoms with E-state index in [2.05, 4.69) is 132 Å². The number of allylic oxidation sites excluding steroid dienone is 5. The number of hydrogen-bond acceptors (Lipinski definition) is 3. The molecule has 0 amide bonds. The van der Waals surface area contributed by atoms with Crippen LogP contribution in [0.5, 0.6) is 0 Å². The third kappa shape index (κ3) is 3.49. The van der Waals surface area contributed by atoms with E-state index in [1.165, 1.54) is 52.5 Å². The average Bonchev–Trinajstić information content (AvgIpc) is 3.74. The summed E-state index contributed by atoms with van der Waals surface area (Å²) in [7, 11) is 0. The summed E-state index contributed by atoms with van der Waals surface area (Å²) in [5, 5.41) is 3.03. The van der Waals surface area contributed by atoms with Gasteiger partial charge in [-0.3, -0.25) is 0 Å². The maximum absolute atomic E-state index is 6.37. The predicted molar refractivity (Wildman–Crippen MR) is 180 cm³/mol. The van der Waals surface area contributed by atoms with Crippen molar-refractivity contribution in [3.8, 4) is 11.1 Å². The van der Waals surface area contributed by atoms with E-state index in [0.717, 1.165) is 22.6 Å². The zero-order chi connectivity index (χ0) is 28.1. The molecule has 7 unspecified atom stereocenters. The number of hydrogen-bond donors (Lipinski definition) is 0. The minimum absolute atomic E-state index is 0.331. The number of fused-ring (bicyclic) bond motifs is 12. The minimum atomic E-state index is 0.331. The Hall–Kier alpha value is -3.95. The first-order chi connectivity index (χ1) is 21.3. The van der Waals surface area contributed by atoms with Gasteiger partial charge < -0.3 is 9.32 Å². The fourth-order valence-corrected chi connectivity index (χ4v) is 10.9. The van der Waals surface area contributed by atoms with Gasteiger partial charge in [-0.1, -0.05) is 97.1 Å². The molecule has 1 saturated heterocycles. The maximum Gasteiger partial charge on any atom is 0.143 e. The molecule has 10 rings (SSSR count). The summed E-state index contributed by atoms with van der Waals surface area (Å²) in [5.74, 6) is 3.09. The highest BCUT2D eigenvalue weighted by molar-refractivity contribution is 8.04. The Morgan fingerprint density at radius 3 is 2.49 bits per heavy atom. The number of nitrogens with zero attached hydrogens (tertiary/aromatic N) is 1. The van der Waals surface area contributed by atoms with E-state index in [4.69, 9.17) is 4.42 Å². The van der Waals surface area contributed by atoms with Crippen molar-refractivity contribution >= 4 is 45.1 Å². The zero-order valence-electron chi connectivity index (χ0n) is 24.0. The highest BCUT2D eigenvalue weighted by Gasteiger charge is 2.53. The molecular formula is C40H33NOS. The van der Waals surface area contributed by atoms with E-state index in [9.17, 15) is 0 Å². The molecule has 0 N–H and O–H groups in total. The lowest BCUT2D eigenvalue weighted by molar-refractivity contribution is 0.284. The van der Waals surface area contributed by atoms with Crippen molar-refractivity contribution in [3.05, 3.63) is 132 Å². The SMILES string of the molecule is C1=CC2C(C=CC3C2c2ccccc2N3c2ccc(-c3cccc4c3oc3ccccc34)cc2)C2SC3=CCCCC3C12. The van der Waals surface area contributed by atoms with E-state index in [1.54, 1.807) is 4.91 Å². The normalized spacial score (nSPS) is 30.1. The van der Waals surface area contributed by atoms with Crippen LogP contribution >= 0.6 is 11.8 Å². The van der Waals surface area contributed by atoms with Crippen molar-refractivity contribution in [1.29, 1.82) is 0 Å². The van der Waals surface area contributed by atoms with Crippen LogP contribution in [-0.4, -0.2) is 11.3 Å². The molecule has 43 heavy (non-hydrogen) atoms. The lowest BCUT2D eigenvalue weighted by Crippen LogP contribution is -2.42. The Labute approximate surface area is 256 Å². The summed E-state index contributed by atoms with van der Waals surface area (Å²) in [6.45, 7) is 0. The first kappa shape index (κ1) is 24.5. The van der Waals surface area contributed by atoms with Crippen LogP contribution in [0.4, 0.5) is 11.4 Å². The summed E-state index contributed by atoms with van der Waals surface area (Å²) >= 11 is 2.22. The molecule has 3 aliphatic carbocycles. The van der Waals surface area contributed by atoms with Gasteiger partial charge >= 0.3 is 0 Å². The van der Waals surface area contributed by atoms with Gasteiger partial charge in [-0.25, -0.2) is 0 Å². The van der Waals surface area contributed by atoms with Gasteiger partial charge in [0, 0.05) is 38.9 Å². The molecule has 5 aliphatic rings. The van der Waals surface area contributed by atoms with Gasteiger partial charge in [-0.05, 0) is 83.2 Å². The van der Waals surface area contributed by atoms with Crippen LogP contribution in [0.25, 0.3) is 33.1 Å². The Morgan fingerprint density at radius 1 is 0.721 bits per heavy atom. The van der Waals surface area contributed by atoms with Gasteiger partial charge in [0.2, 0.25) is 0 Å². The number of para-hydroxylation sites is 3. The standard InChI is InChI=1S/C40H33NOS/c1-4-13-34-33(10-1)38-29-20-21-31-28-9-3-6-15-37(28)43-40(31)32(29)22-23-35(38)41(34)25-18-16-24(17-19-25)26-11-7-12-30-27-8-2-5-14-36(27)42-39(26)30/h1-2,4-5,7-8,10-23,28-29,31-32,35,38,40H,3,6,9H2. The molecule has 0 bridgehead atoms. The smallest absolute Gasteiger partial charge is 0.143 e. The van der Waals surface area contributed by atoms with Gasteiger partial charge in [0.15, 0.2) is 0 Å². The van der Waals surface area contributed by atoms with Crippen LogP contribution in [0.3, 0.4) is 0 Å². The van der Waals surface area contributed by atoms with Gasteiger partial charge in [0.1, 0.15) is 11.2 Å². The summed E-state index contributed by atoms with van der Waals surface area (Å²) in [4.78, 5) is 4.29. The van der Waals surface area contributed by atoms with Gasteiger partial charge in [0.25, 0.3) is 0 Å². The van der Waals surface area contributed by atoms with Gasteiger partial charge in [0.05, 0.1) is 6.04 Å². The predicted octanol–water partition coefficient (Wildman–Crippen LogP) is 10.6. The molecule has 0 radical (unpaired) electrons. The second kappa shape index (κ2) is 9.27. The zero-order valence-corrected chi connectivity index (χ0v) is 24.8. The molecule has 1 fully saturated rings. The Balaban J connectivity index is 1.03. The maximum atomic E-state index is 6.37. The number of thioether (sulfide) groups is 1. The number of furan rings is 1. The van der Waals surface area contributed by atoms with Crippen molar-refractivity contribution < 1.29 is 4.42 Å². The summed E-state index contributed by atoms with van der Waals surface area (Å²) in [5.41, 5.74) is 8.36. The second-order valence-corrected chi connectivity index (χ2v) is 14.3. The summed E-state index contributed by atoms with van der Waals surface area (Å²) in [6, 6.07) is 33.5. The Morgan fingerprint density at radius 2 is 1.53 bits per heavy atom. The fraction of sp³-hybridized carbons (Fsp3) is 0.250. The van der Waals surface area contributed by atoms with Crippen LogP contribution in [0, 0.1) is 23.7 Å². The molecule has 5 aromatic rings. The van der Waals surface area contributed by atoms with Crippen LogP contribution in [0.2, 0.25) is 0 Å². The van der Waals surface area contributed by atoms with E-state index >= 15 is 0 Å². The molecule has 7 atom stereocenters. The van der Waals surface area contributed by atoms with Crippen molar-refractivity contribution in [2.75, 3.05) is 4.90 Å².